The van der Waals surface area contributed by atoms with E-state index in [0.29, 0.717) is 19.4 Å². The minimum absolute atomic E-state index is 0.0500. The van der Waals surface area contributed by atoms with E-state index in [1.165, 1.54) is 0 Å². The Bertz CT molecular complexity index is 976. The van der Waals surface area contributed by atoms with Gasteiger partial charge in [0.25, 0.3) is 0 Å². The van der Waals surface area contributed by atoms with Crippen molar-refractivity contribution in [2.75, 3.05) is 11.9 Å². The van der Waals surface area contributed by atoms with E-state index < -0.39 is 0 Å². The van der Waals surface area contributed by atoms with Crippen LogP contribution in [0, 0.1) is 0 Å². The minimum atomic E-state index is -0.0500. The van der Waals surface area contributed by atoms with Crippen LogP contribution < -0.4 is 5.32 Å². The molecule has 1 fully saturated rings. The first-order chi connectivity index (χ1) is 13.2. The number of amides is 2. The average molecular weight is 361 g/mol. The molecule has 3 aromatic rings. The van der Waals surface area contributed by atoms with Crippen molar-refractivity contribution < 1.29 is 9.59 Å². The summed E-state index contributed by atoms with van der Waals surface area (Å²) in [6, 6.07) is 15.7. The Morgan fingerprint density at radius 2 is 2.00 bits per heavy atom. The number of rotatable bonds is 5. The van der Waals surface area contributed by atoms with Crippen molar-refractivity contribution in [2.45, 2.75) is 32.2 Å². The van der Waals surface area contributed by atoms with E-state index >= 15 is 0 Å². The smallest absolute Gasteiger partial charge is 0.228 e. The molecule has 0 radical (unpaired) electrons. The fourth-order valence-electron chi connectivity index (χ4n) is 3.65. The van der Waals surface area contributed by atoms with E-state index in [1.54, 1.807) is 0 Å². The minimum Gasteiger partial charge on any atom is -0.361 e. The van der Waals surface area contributed by atoms with Crippen LogP contribution in [0.1, 0.15) is 30.4 Å². The van der Waals surface area contributed by atoms with Crippen LogP contribution in [0.5, 0.6) is 0 Å². The number of aromatic nitrogens is 1. The summed E-state index contributed by atoms with van der Waals surface area (Å²) in [5.74, 6) is 0.168. The second-order valence-corrected chi connectivity index (χ2v) is 7.06. The molecule has 138 valence electrons. The molecular weight excluding hydrogens is 338 g/mol. The number of anilines is 1. The Kier molecular flexibility index (Phi) is 4.92. The summed E-state index contributed by atoms with van der Waals surface area (Å²) < 4.78 is 0. The Morgan fingerprint density at radius 3 is 2.89 bits per heavy atom. The molecule has 5 nitrogen and oxygen atoms in total. The van der Waals surface area contributed by atoms with Crippen LogP contribution in [0.2, 0.25) is 0 Å². The molecule has 0 spiro atoms. The van der Waals surface area contributed by atoms with Crippen molar-refractivity contribution in [1.29, 1.82) is 0 Å². The molecule has 0 aliphatic carbocycles. The molecule has 1 saturated heterocycles. The molecule has 2 heterocycles. The number of carbonyl (C=O) groups is 2. The number of piperidine rings is 1. The molecule has 27 heavy (non-hydrogen) atoms. The third kappa shape index (κ3) is 4.03. The first-order valence-corrected chi connectivity index (χ1v) is 9.40. The molecule has 2 aromatic carbocycles. The van der Waals surface area contributed by atoms with Crippen molar-refractivity contribution in [3.8, 4) is 0 Å². The maximum absolute atomic E-state index is 12.5. The van der Waals surface area contributed by atoms with E-state index in [0.717, 1.165) is 47.1 Å². The van der Waals surface area contributed by atoms with Gasteiger partial charge in [0.2, 0.25) is 11.8 Å². The topological polar surface area (TPSA) is 65.2 Å². The SMILES string of the molecule is O=C(Cc1c[nH]c2ccccc12)Nc1cccc(CN2CCCCC2=O)c1. The summed E-state index contributed by atoms with van der Waals surface area (Å²) in [6.07, 6.45) is 4.90. The third-order valence-electron chi connectivity index (χ3n) is 5.03. The third-order valence-corrected chi connectivity index (χ3v) is 5.03. The zero-order valence-electron chi connectivity index (χ0n) is 15.2. The molecule has 0 atom stereocenters. The van der Waals surface area contributed by atoms with Crippen LogP contribution in [0.25, 0.3) is 10.9 Å². The number of hydrogen-bond acceptors (Lipinski definition) is 2. The van der Waals surface area contributed by atoms with Gasteiger partial charge in [-0.1, -0.05) is 30.3 Å². The van der Waals surface area contributed by atoms with Gasteiger partial charge in [-0.2, -0.15) is 0 Å². The molecule has 1 aliphatic heterocycles. The molecule has 5 heteroatoms. The normalized spacial score (nSPS) is 14.5. The van der Waals surface area contributed by atoms with Crippen molar-refractivity contribution in [3.05, 3.63) is 65.9 Å². The maximum Gasteiger partial charge on any atom is 0.228 e. The standard InChI is InChI=1S/C22H23N3O2/c26-21(13-17-14-23-20-9-2-1-8-19(17)20)24-18-7-5-6-16(12-18)15-25-11-4-3-10-22(25)27/h1-2,5-9,12,14,23H,3-4,10-11,13,15H2,(H,24,26). The first kappa shape index (κ1) is 17.3. The second kappa shape index (κ2) is 7.66. The fourth-order valence-corrected chi connectivity index (χ4v) is 3.65. The van der Waals surface area contributed by atoms with Gasteiger partial charge in [-0.3, -0.25) is 9.59 Å². The number of likely N-dealkylation sites (tertiary alicyclic amines) is 1. The van der Waals surface area contributed by atoms with E-state index in [4.69, 9.17) is 0 Å². The second-order valence-electron chi connectivity index (χ2n) is 7.06. The number of aromatic amines is 1. The van der Waals surface area contributed by atoms with Gasteiger partial charge in [0, 0.05) is 42.3 Å². The number of nitrogens with one attached hydrogen (secondary N) is 2. The number of carbonyl (C=O) groups excluding carboxylic acids is 2. The van der Waals surface area contributed by atoms with E-state index in [1.807, 2.05) is 59.6 Å². The molecule has 0 unspecified atom stereocenters. The van der Waals surface area contributed by atoms with Gasteiger partial charge in [-0.25, -0.2) is 0 Å². The number of nitrogens with zero attached hydrogens (tertiary/aromatic N) is 1. The van der Waals surface area contributed by atoms with Gasteiger partial charge in [-0.05, 0) is 42.2 Å². The lowest BCUT2D eigenvalue weighted by Crippen LogP contribution is -2.34. The Hall–Kier alpha value is -3.08. The summed E-state index contributed by atoms with van der Waals surface area (Å²) in [5.41, 5.74) is 3.82. The quantitative estimate of drug-likeness (QED) is 0.725. The van der Waals surface area contributed by atoms with Crippen molar-refractivity contribution >= 4 is 28.4 Å². The van der Waals surface area contributed by atoms with Gasteiger partial charge < -0.3 is 15.2 Å². The lowest BCUT2D eigenvalue weighted by molar-refractivity contribution is -0.133. The predicted octanol–water partition coefficient (Wildman–Crippen LogP) is 3.86. The lowest BCUT2D eigenvalue weighted by atomic mass is 10.1. The Labute approximate surface area is 158 Å². The molecule has 2 amide bonds. The summed E-state index contributed by atoms with van der Waals surface area (Å²) in [7, 11) is 0. The number of hydrogen-bond donors (Lipinski definition) is 2. The number of H-pyrrole nitrogens is 1. The highest BCUT2D eigenvalue weighted by Crippen LogP contribution is 2.20. The van der Waals surface area contributed by atoms with Crippen LogP contribution in [-0.4, -0.2) is 28.2 Å². The van der Waals surface area contributed by atoms with Crippen LogP contribution in [0.3, 0.4) is 0 Å². The lowest BCUT2D eigenvalue weighted by Gasteiger charge is -2.26. The summed E-state index contributed by atoms with van der Waals surface area (Å²) in [4.78, 5) is 29.6. The van der Waals surface area contributed by atoms with Crippen LogP contribution >= 0.6 is 0 Å². The Morgan fingerprint density at radius 1 is 1.11 bits per heavy atom. The van der Waals surface area contributed by atoms with Crippen molar-refractivity contribution in [3.63, 3.8) is 0 Å². The fraction of sp³-hybridized carbons (Fsp3) is 0.273. The van der Waals surface area contributed by atoms with Gasteiger partial charge in [-0.15, -0.1) is 0 Å². The van der Waals surface area contributed by atoms with Gasteiger partial charge in [0.15, 0.2) is 0 Å². The number of fused-ring (bicyclic) bond motifs is 1. The average Bonchev–Trinajstić information content (AvgIpc) is 3.07. The monoisotopic (exact) mass is 361 g/mol. The molecule has 0 bridgehead atoms. The van der Waals surface area contributed by atoms with Gasteiger partial charge >= 0.3 is 0 Å². The predicted molar refractivity (Wildman–Crippen MR) is 106 cm³/mol. The molecule has 2 N–H and O–H groups in total. The summed E-state index contributed by atoms with van der Waals surface area (Å²) >= 11 is 0. The molecule has 1 aromatic heterocycles. The van der Waals surface area contributed by atoms with E-state index in [9.17, 15) is 9.59 Å². The largest absolute Gasteiger partial charge is 0.361 e. The highest BCUT2D eigenvalue weighted by molar-refractivity contribution is 5.95. The van der Waals surface area contributed by atoms with Crippen LogP contribution in [-0.2, 0) is 22.6 Å². The highest BCUT2D eigenvalue weighted by atomic mass is 16.2. The zero-order valence-corrected chi connectivity index (χ0v) is 15.2. The first-order valence-electron chi connectivity index (χ1n) is 9.40. The van der Waals surface area contributed by atoms with Crippen LogP contribution in [0.15, 0.2) is 54.7 Å². The number of benzene rings is 2. The van der Waals surface area contributed by atoms with E-state index in [-0.39, 0.29) is 11.8 Å². The van der Waals surface area contributed by atoms with Crippen LogP contribution in [0.4, 0.5) is 5.69 Å². The highest BCUT2D eigenvalue weighted by Gasteiger charge is 2.18. The number of para-hydroxylation sites is 1. The maximum atomic E-state index is 12.5. The molecule has 0 saturated carbocycles. The molecule has 4 rings (SSSR count). The zero-order chi connectivity index (χ0) is 18.6. The molecular formula is C22H23N3O2. The molecule has 1 aliphatic rings. The van der Waals surface area contributed by atoms with Crippen molar-refractivity contribution in [1.82, 2.24) is 9.88 Å². The summed E-state index contributed by atoms with van der Waals surface area (Å²) in [5, 5.41) is 4.05. The van der Waals surface area contributed by atoms with Gasteiger partial charge in [0.05, 0.1) is 6.42 Å². The van der Waals surface area contributed by atoms with Gasteiger partial charge in [0.1, 0.15) is 0 Å². The van der Waals surface area contributed by atoms with E-state index in [2.05, 4.69) is 10.3 Å². The summed E-state index contributed by atoms with van der Waals surface area (Å²) in [6.45, 7) is 1.42. The van der Waals surface area contributed by atoms with Crippen molar-refractivity contribution in [2.24, 2.45) is 0 Å². The Balaban J connectivity index is 1.41.